The lowest BCUT2D eigenvalue weighted by molar-refractivity contribution is -0.192. The van der Waals surface area contributed by atoms with E-state index in [2.05, 4.69) is 27.0 Å². The summed E-state index contributed by atoms with van der Waals surface area (Å²) in [5.41, 5.74) is 3.08. The summed E-state index contributed by atoms with van der Waals surface area (Å²) in [6, 6.07) is 10.1. The number of nitrogens with zero attached hydrogens (tertiary/aromatic N) is 2. The molecule has 0 saturated carbocycles. The molecule has 242 valence electrons. The predicted octanol–water partition coefficient (Wildman–Crippen LogP) is 2.52. The molecule has 0 aliphatic carbocycles. The summed E-state index contributed by atoms with van der Waals surface area (Å²) in [4.78, 5) is 29.5. The number of aromatic amines is 1. The van der Waals surface area contributed by atoms with Crippen molar-refractivity contribution in [1.29, 1.82) is 0 Å². The molecule has 1 aromatic heterocycles. The van der Waals surface area contributed by atoms with Gasteiger partial charge in [0.2, 0.25) is 10.0 Å². The summed E-state index contributed by atoms with van der Waals surface area (Å²) in [7, 11) is -1.51. The summed E-state index contributed by atoms with van der Waals surface area (Å²) in [5.74, 6) is -2.93. The summed E-state index contributed by atoms with van der Waals surface area (Å²) < 4.78 is 57.0. The number of hydrogen-bond donors (Lipinski definition) is 6. The van der Waals surface area contributed by atoms with Gasteiger partial charge < -0.3 is 35.4 Å². The average molecular weight is 644 g/mol. The summed E-state index contributed by atoms with van der Waals surface area (Å²) >= 11 is 0. The van der Waals surface area contributed by atoms with E-state index in [1.54, 1.807) is 6.07 Å². The topological polar surface area (TPSA) is 175 Å². The number of benzene rings is 2. The van der Waals surface area contributed by atoms with Gasteiger partial charge in [-0.25, -0.2) is 13.2 Å². The van der Waals surface area contributed by atoms with Crippen LogP contribution in [-0.2, 0) is 21.2 Å². The lowest BCUT2D eigenvalue weighted by atomic mass is 10.0. The zero-order chi connectivity index (χ0) is 32.8. The Bertz CT molecular complexity index is 1570. The molecule has 1 saturated heterocycles. The van der Waals surface area contributed by atoms with Gasteiger partial charge in [-0.15, -0.1) is 0 Å². The van der Waals surface area contributed by atoms with Gasteiger partial charge >= 0.3 is 12.1 Å². The van der Waals surface area contributed by atoms with Crippen molar-refractivity contribution >= 4 is 38.5 Å². The number of aliphatic hydroxyl groups is 1. The van der Waals surface area contributed by atoms with Crippen LogP contribution in [-0.4, -0.2) is 109 Å². The number of amides is 1. The number of aliphatic carboxylic acids is 1. The van der Waals surface area contributed by atoms with Crippen LogP contribution in [0.15, 0.2) is 42.6 Å². The molecule has 1 amide bonds. The van der Waals surface area contributed by atoms with Crippen molar-refractivity contribution in [2.45, 2.75) is 31.7 Å². The van der Waals surface area contributed by atoms with Crippen LogP contribution in [0.5, 0.6) is 5.75 Å². The van der Waals surface area contributed by atoms with Gasteiger partial charge in [0.1, 0.15) is 5.75 Å². The number of phenols is 1. The molecule has 2 heterocycles. The number of piperazine rings is 1. The summed E-state index contributed by atoms with van der Waals surface area (Å²) in [6.07, 6.45) is -2.38. The van der Waals surface area contributed by atoms with E-state index < -0.39 is 28.3 Å². The van der Waals surface area contributed by atoms with Crippen LogP contribution in [0.4, 0.5) is 18.9 Å². The second-order valence-corrected chi connectivity index (χ2v) is 12.4. The fourth-order valence-electron chi connectivity index (χ4n) is 4.61. The number of carboxylic acid groups (broad SMARTS) is 1. The van der Waals surface area contributed by atoms with Crippen LogP contribution in [0, 0.1) is 0 Å². The molecule has 12 nitrogen and oxygen atoms in total. The minimum absolute atomic E-state index is 0.0105. The highest BCUT2D eigenvalue weighted by atomic mass is 32.2. The minimum Gasteiger partial charge on any atom is -0.506 e. The Morgan fingerprint density at radius 1 is 1.11 bits per heavy atom. The van der Waals surface area contributed by atoms with Crippen LogP contribution < -0.4 is 10.0 Å². The number of phenolic OH excluding ortho intramolecular Hbond substituents is 1. The fourth-order valence-corrected chi connectivity index (χ4v) is 5.18. The molecule has 2 aromatic carbocycles. The van der Waals surface area contributed by atoms with Gasteiger partial charge in [0, 0.05) is 50.3 Å². The lowest BCUT2D eigenvalue weighted by Gasteiger charge is -2.32. The third kappa shape index (κ3) is 9.57. The lowest BCUT2D eigenvalue weighted by Crippen LogP contribution is -2.47. The number of fused-ring (bicyclic) bond motifs is 1. The number of nitrogens with one attached hydrogen (secondary N) is 3. The van der Waals surface area contributed by atoms with Crippen molar-refractivity contribution in [3.63, 3.8) is 0 Å². The Labute approximate surface area is 252 Å². The first-order valence-electron chi connectivity index (χ1n) is 13.5. The third-order valence-corrected chi connectivity index (χ3v) is 7.54. The van der Waals surface area contributed by atoms with Crippen LogP contribution in [0.3, 0.4) is 0 Å². The highest BCUT2D eigenvalue weighted by Crippen LogP contribution is 2.28. The maximum Gasteiger partial charge on any atom is 0.490 e. The number of aromatic hydroxyl groups is 1. The Balaban J connectivity index is 0.000000676. The Morgan fingerprint density at radius 3 is 2.34 bits per heavy atom. The molecule has 4 rings (SSSR count). The fraction of sp³-hybridized carbons (Fsp3) is 0.429. The number of anilines is 1. The molecule has 0 bridgehead atoms. The second kappa shape index (κ2) is 14.3. The first-order chi connectivity index (χ1) is 20.5. The number of carbonyl (C=O) groups is 2. The number of para-hydroxylation sites is 1. The third-order valence-electron chi connectivity index (χ3n) is 6.95. The van der Waals surface area contributed by atoms with Gasteiger partial charge in [-0.3, -0.25) is 9.52 Å². The number of likely N-dealkylation sites (N-methyl/N-ethyl adjacent to an activating group) is 1. The molecule has 0 spiro atoms. The maximum atomic E-state index is 13.2. The van der Waals surface area contributed by atoms with Crippen molar-refractivity contribution in [2.75, 3.05) is 50.7 Å². The normalized spacial score (nSPS) is 15.8. The van der Waals surface area contributed by atoms with Crippen molar-refractivity contribution in [3.05, 3.63) is 59.3 Å². The Morgan fingerprint density at radius 2 is 1.75 bits per heavy atom. The van der Waals surface area contributed by atoms with E-state index in [9.17, 15) is 36.6 Å². The maximum absolute atomic E-state index is 13.2. The van der Waals surface area contributed by atoms with E-state index in [0.29, 0.717) is 17.5 Å². The van der Waals surface area contributed by atoms with Gasteiger partial charge in [-0.2, -0.15) is 13.2 Å². The molecule has 0 radical (unpaired) electrons. The molecule has 1 fully saturated rings. The molecule has 0 unspecified atom stereocenters. The largest absolute Gasteiger partial charge is 0.506 e. The number of alkyl halides is 3. The molecular weight excluding hydrogens is 607 g/mol. The first-order valence-corrected chi connectivity index (χ1v) is 15.4. The Hall–Kier alpha value is -3.86. The molecule has 6 N–H and O–H groups in total. The highest BCUT2D eigenvalue weighted by Gasteiger charge is 2.38. The van der Waals surface area contributed by atoms with E-state index in [0.717, 1.165) is 48.9 Å². The van der Waals surface area contributed by atoms with Gasteiger partial charge in [0.15, 0.2) is 0 Å². The van der Waals surface area contributed by atoms with E-state index in [1.165, 1.54) is 12.1 Å². The smallest absolute Gasteiger partial charge is 0.490 e. The van der Waals surface area contributed by atoms with Crippen LogP contribution in [0.1, 0.15) is 34.5 Å². The van der Waals surface area contributed by atoms with Crippen molar-refractivity contribution < 1.29 is 46.5 Å². The quantitative estimate of drug-likeness (QED) is 0.192. The summed E-state index contributed by atoms with van der Waals surface area (Å²) in [5, 5.41) is 32.0. The van der Waals surface area contributed by atoms with Gasteiger partial charge in [0.05, 0.1) is 29.1 Å². The first kappa shape index (κ1) is 34.6. The van der Waals surface area contributed by atoms with Crippen LogP contribution >= 0.6 is 0 Å². The predicted molar refractivity (Wildman–Crippen MR) is 158 cm³/mol. The molecule has 1 aliphatic rings. The van der Waals surface area contributed by atoms with Gasteiger partial charge in [0.25, 0.3) is 5.91 Å². The number of H-pyrrole nitrogens is 1. The molecular formula is C28H36F3N5O7S. The van der Waals surface area contributed by atoms with E-state index in [4.69, 9.17) is 9.90 Å². The number of sulfonamides is 1. The van der Waals surface area contributed by atoms with E-state index >= 15 is 0 Å². The molecule has 44 heavy (non-hydrogen) atoms. The Kier molecular flexibility index (Phi) is 11.2. The SMILES string of the molecule is C[C@H](Cc1c[nH]c2c(C(=O)N3CCN(C)CC3)cccc12)NC[C@H](O)c1ccc(O)c(NS(C)(=O)=O)c1.O=C(O)C(F)(F)F. The molecule has 2 atom stereocenters. The molecule has 1 aliphatic heterocycles. The molecule has 3 aromatic rings. The van der Waals surface area contributed by atoms with Gasteiger partial charge in [-0.05, 0) is 49.7 Å². The standard InChI is InChI=1S/C26H35N5O5S.C2HF3O2/c1-17(27-16-24(33)18-7-8-23(32)22(14-18)29-37(3,35)36)13-19-15-28-25-20(19)5-4-6-21(25)26(34)31-11-9-30(2)10-12-31;3-2(4,5)1(6)7/h4-8,14-15,17,24,27-29,32-33H,9-13,16H2,1-3H3;(H,6,7)/t17-,24+;/m1./s1. The monoisotopic (exact) mass is 643 g/mol. The number of aromatic nitrogens is 1. The average Bonchev–Trinajstić information content (AvgIpc) is 3.34. The number of aliphatic hydroxyl groups excluding tert-OH is 1. The number of carboxylic acids is 1. The molecule has 16 heteroatoms. The number of carbonyl (C=O) groups excluding carboxylic acids is 1. The number of halogens is 3. The zero-order valence-corrected chi connectivity index (χ0v) is 25.2. The van der Waals surface area contributed by atoms with Gasteiger partial charge in [-0.1, -0.05) is 18.2 Å². The number of hydrogen-bond acceptors (Lipinski definition) is 8. The van der Waals surface area contributed by atoms with Crippen LogP contribution in [0.2, 0.25) is 0 Å². The van der Waals surface area contributed by atoms with E-state index in [1.807, 2.05) is 36.2 Å². The van der Waals surface area contributed by atoms with Crippen molar-refractivity contribution in [3.8, 4) is 5.75 Å². The highest BCUT2D eigenvalue weighted by molar-refractivity contribution is 7.92. The minimum atomic E-state index is -5.08. The number of rotatable bonds is 9. The van der Waals surface area contributed by atoms with E-state index in [-0.39, 0.29) is 29.9 Å². The zero-order valence-electron chi connectivity index (χ0n) is 24.3. The van der Waals surface area contributed by atoms with Crippen LogP contribution in [0.25, 0.3) is 10.9 Å². The van der Waals surface area contributed by atoms with Crippen molar-refractivity contribution in [2.24, 2.45) is 0 Å². The second-order valence-electron chi connectivity index (χ2n) is 10.6. The van der Waals surface area contributed by atoms with Crippen molar-refractivity contribution in [1.82, 2.24) is 20.1 Å². The summed E-state index contributed by atoms with van der Waals surface area (Å²) in [6.45, 7) is 5.42.